The SMILES string of the molecule is N=N/C(=N\N)NNC(N)=S. The first-order valence-corrected chi connectivity index (χ1v) is 2.58. The first-order chi connectivity index (χ1) is 4.70. The molecule has 0 aliphatic rings. The number of hydrazone groups is 1. The summed E-state index contributed by atoms with van der Waals surface area (Å²) in [6, 6.07) is 0. The smallest absolute Gasteiger partial charge is 0.276 e. The van der Waals surface area contributed by atoms with Gasteiger partial charge >= 0.3 is 0 Å². The lowest BCUT2D eigenvalue weighted by Crippen LogP contribution is -2.43. The Morgan fingerprint density at radius 2 is 2.10 bits per heavy atom. The van der Waals surface area contributed by atoms with E-state index < -0.39 is 0 Å². The number of nitrogens with two attached hydrogens (primary N) is 2. The minimum Gasteiger partial charge on any atom is -0.375 e. The van der Waals surface area contributed by atoms with E-state index in [0.717, 1.165) is 0 Å². The molecule has 56 valence electrons. The van der Waals surface area contributed by atoms with Crippen molar-refractivity contribution in [1.82, 2.24) is 10.9 Å². The second kappa shape index (κ2) is 4.44. The van der Waals surface area contributed by atoms with E-state index in [0.29, 0.717) is 0 Å². The minimum absolute atomic E-state index is 0.0183. The van der Waals surface area contributed by atoms with E-state index in [2.05, 4.69) is 33.3 Å². The van der Waals surface area contributed by atoms with Crippen LogP contribution < -0.4 is 22.4 Å². The van der Waals surface area contributed by atoms with Crippen LogP contribution in [-0.2, 0) is 0 Å². The quantitative estimate of drug-likeness (QED) is 0.0745. The summed E-state index contributed by atoms with van der Waals surface area (Å²) in [5.41, 5.74) is 16.0. The van der Waals surface area contributed by atoms with Crippen LogP contribution in [0.2, 0.25) is 0 Å². The van der Waals surface area contributed by atoms with Gasteiger partial charge in [0.1, 0.15) is 0 Å². The number of hydrazine groups is 1. The van der Waals surface area contributed by atoms with Crippen LogP contribution in [-0.4, -0.2) is 11.1 Å². The van der Waals surface area contributed by atoms with Crippen molar-refractivity contribution in [1.29, 1.82) is 5.53 Å². The van der Waals surface area contributed by atoms with Gasteiger partial charge in [0.2, 0.25) is 0 Å². The van der Waals surface area contributed by atoms with Crippen molar-refractivity contribution in [3.63, 3.8) is 0 Å². The van der Waals surface area contributed by atoms with Gasteiger partial charge in [0.05, 0.1) is 0 Å². The number of rotatable bonds is 0. The zero-order chi connectivity index (χ0) is 7.98. The summed E-state index contributed by atoms with van der Waals surface area (Å²) in [7, 11) is 0. The lowest BCUT2D eigenvalue weighted by atomic mass is 11.0. The molecule has 0 aromatic rings. The second-order valence-corrected chi connectivity index (χ2v) is 1.62. The van der Waals surface area contributed by atoms with Crippen molar-refractivity contribution in [3.05, 3.63) is 0 Å². The van der Waals surface area contributed by atoms with Gasteiger partial charge in [0.15, 0.2) is 5.11 Å². The predicted molar refractivity (Wildman–Crippen MR) is 39.8 cm³/mol. The largest absolute Gasteiger partial charge is 0.375 e. The van der Waals surface area contributed by atoms with E-state index in [1.165, 1.54) is 0 Å². The van der Waals surface area contributed by atoms with Gasteiger partial charge in [-0.05, 0) is 12.2 Å². The molecule has 0 rings (SSSR count). The number of thiocarbonyl (C=S) groups is 1. The van der Waals surface area contributed by atoms with E-state index in [9.17, 15) is 0 Å². The van der Waals surface area contributed by atoms with Gasteiger partial charge in [-0.15, -0.1) is 10.2 Å². The molecule has 0 spiro atoms. The summed E-state index contributed by atoms with van der Waals surface area (Å²) in [5.74, 6) is 4.65. The molecule has 7 N–H and O–H groups in total. The summed E-state index contributed by atoms with van der Waals surface area (Å²) < 4.78 is 0. The third kappa shape index (κ3) is 3.55. The molecular weight excluding hydrogens is 154 g/mol. The zero-order valence-corrected chi connectivity index (χ0v) is 5.77. The number of guanidine groups is 1. The number of nitrogens with one attached hydrogen (secondary N) is 3. The van der Waals surface area contributed by atoms with Crippen LogP contribution in [0.5, 0.6) is 0 Å². The molecule has 0 aromatic carbocycles. The third-order valence-corrected chi connectivity index (χ3v) is 0.628. The highest BCUT2D eigenvalue weighted by molar-refractivity contribution is 7.80. The van der Waals surface area contributed by atoms with Crippen molar-refractivity contribution in [2.75, 3.05) is 0 Å². The maximum Gasteiger partial charge on any atom is 0.276 e. The van der Waals surface area contributed by atoms with Crippen molar-refractivity contribution in [2.24, 2.45) is 21.8 Å². The van der Waals surface area contributed by atoms with E-state index in [1.54, 1.807) is 0 Å². The van der Waals surface area contributed by atoms with Gasteiger partial charge in [0.25, 0.3) is 5.96 Å². The molecule has 0 saturated carbocycles. The molecule has 10 heavy (non-hydrogen) atoms. The molecule has 0 heterocycles. The summed E-state index contributed by atoms with van der Waals surface area (Å²) in [4.78, 5) is 0. The summed E-state index contributed by atoms with van der Waals surface area (Å²) in [5, 5.41) is 5.94. The first kappa shape index (κ1) is 8.56. The van der Waals surface area contributed by atoms with Crippen molar-refractivity contribution in [3.8, 4) is 0 Å². The van der Waals surface area contributed by atoms with Crippen LogP contribution >= 0.6 is 12.2 Å². The Labute approximate surface area is 62.3 Å². The molecule has 8 heteroatoms. The second-order valence-electron chi connectivity index (χ2n) is 1.18. The molecule has 0 unspecified atom stereocenters. The number of hydrogen-bond donors (Lipinski definition) is 5. The van der Waals surface area contributed by atoms with Gasteiger partial charge in [-0.25, -0.2) is 5.53 Å². The molecular formula is C2H7N7S. The van der Waals surface area contributed by atoms with Crippen LogP contribution in [0.15, 0.2) is 10.2 Å². The topological polar surface area (TPSA) is 125 Å². The Bertz CT molecular complexity index is 161. The Balaban J connectivity index is 3.66. The molecule has 0 aliphatic heterocycles. The molecule has 0 aromatic heterocycles. The molecule has 0 bridgehead atoms. The lowest BCUT2D eigenvalue weighted by Gasteiger charge is -2.02. The highest BCUT2D eigenvalue weighted by atomic mass is 32.1. The molecule has 0 aliphatic carbocycles. The lowest BCUT2D eigenvalue weighted by molar-refractivity contribution is 0.837. The van der Waals surface area contributed by atoms with Crippen molar-refractivity contribution in [2.45, 2.75) is 0 Å². The van der Waals surface area contributed by atoms with Crippen LogP contribution in [0, 0.1) is 5.53 Å². The Hall–Kier alpha value is -1.44. The summed E-state index contributed by atoms with van der Waals surface area (Å²) >= 11 is 4.42. The number of hydrogen-bond acceptors (Lipinski definition) is 4. The molecule has 0 radical (unpaired) electrons. The molecule has 0 fully saturated rings. The van der Waals surface area contributed by atoms with E-state index in [-0.39, 0.29) is 11.1 Å². The zero-order valence-electron chi connectivity index (χ0n) is 4.96. The highest BCUT2D eigenvalue weighted by Gasteiger charge is 1.91. The summed E-state index contributed by atoms with van der Waals surface area (Å²) in [6.45, 7) is 0. The van der Waals surface area contributed by atoms with Crippen LogP contribution in [0.3, 0.4) is 0 Å². The third-order valence-electron chi connectivity index (χ3n) is 0.526. The molecule has 0 saturated heterocycles. The fraction of sp³-hybridized carbons (Fsp3) is 0. The number of nitrogens with zero attached hydrogens (tertiary/aromatic N) is 2. The van der Waals surface area contributed by atoms with Gasteiger partial charge < -0.3 is 11.6 Å². The van der Waals surface area contributed by atoms with Crippen LogP contribution in [0.25, 0.3) is 0 Å². The Morgan fingerprint density at radius 1 is 1.50 bits per heavy atom. The van der Waals surface area contributed by atoms with Gasteiger partial charge in [-0.1, -0.05) is 0 Å². The first-order valence-electron chi connectivity index (χ1n) is 2.17. The Kier molecular flexibility index (Phi) is 3.80. The monoisotopic (exact) mass is 161 g/mol. The predicted octanol–water partition coefficient (Wildman–Crippen LogP) is -1.42. The fourth-order valence-electron chi connectivity index (χ4n) is 0.207. The van der Waals surface area contributed by atoms with Gasteiger partial charge in [-0.3, -0.25) is 10.9 Å². The standard InChI is InChI=1S/C2H7N7S/c3-1(10)8-9-2(6-4)7-5/h4H,5H2,(H,7,9)(H3,3,8,10). The van der Waals surface area contributed by atoms with Gasteiger partial charge in [0, 0.05) is 0 Å². The highest BCUT2D eigenvalue weighted by Crippen LogP contribution is 1.66. The average Bonchev–Trinajstić information content (AvgIpc) is 1.90. The van der Waals surface area contributed by atoms with E-state index >= 15 is 0 Å². The van der Waals surface area contributed by atoms with E-state index in [1.807, 2.05) is 0 Å². The van der Waals surface area contributed by atoms with Crippen molar-refractivity contribution >= 4 is 23.3 Å². The minimum atomic E-state index is -0.104. The maximum atomic E-state index is 6.43. The van der Waals surface area contributed by atoms with Gasteiger partial charge in [-0.2, -0.15) is 0 Å². The van der Waals surface area contributed by atoms with Crippen molar-refractivity contribution < 1.29 is 0 Å². The average molecular weight is 161 g/mol. The normalized spacial score (nSPS) is 10.2. The summed E-state index contributed by atoms with van der Waals surface area (Å²) in [6.07, 6.45) is 0. The molecule has 7 nitrogen and oxygen atoms in total. The fourth-order valence-corrected chi connectivity index (χ4v) is 0.258. The van der Waals surface area contributed by atoms with Crippen LogP contribution in [0.4, 0.5) is 0 Å². The molecule has 0 amide bonds. The molecule has 0 atom stereocenters. The maximum absolute atomic E-state index is 6.43. The van der Waals surface area contributed by atoms with Crippen LogP contribution in [0.1, 0.15) is 0 Å². The van der Waals surface area contributed by atoms with E-state index in [4.69, 9.17) is 17.1 Å². The Morgan fingerprint density at radius 3 is 2.40 bits per heavy atom.